The Morgan fingerprint density at radius 1 is 1.52 bits per heavy atom. The van der Waals surface area contributed by atoms with Crippen LogP contribution in [0.4, 0.5) is 5.69 Å². The number of aliphatic hydroxyl groups is 1. The molecule has 0 saturated heterocycles. The van der Waals surface area contributed by atoms with Crippen LogP contribution >= 0.6 is 0 Å². The van der Waals surface area contributed by atoms with Gasteiger partial charge in [-0.3, -0.25) is 10.1 Å². The fourth-order valence-electron chi connectivity index (χ4n) is 1.69. The Balaban J connectivity index is 3.35. The zero-order chi connectivity index (χ0) is 16.0. The number of ether oxygens (including phenoxy) is 1. The molecular weight excluding hydrogens is 300 g/mol. The van der Waals surface area contributed by atoms with Gasteiger partial charge >= 0.3 is 0 Å². The maximum atomic E-state index is 12.5. The Kier molecular flexibility index (Phi) is 5.82. The summed E-state index contributed by atoms with van der Waals surface area (Å²) in [7, 11) is -2.73. The molecule has 0 saturated carbocycles. The highest BCUT2D eigenvalue weighted by Crippen LogP contribution is 2.30. The SMILES string of the molecule is C=CCN(CCO)S(=O)(=O)c1ccc([N+](=O)[O-])cc1OC. The zero-order valence-corrected chi connectivity index (χ0v) is 12.2. The van der Waals surface area contributed by atoms with Crippen LogP contribution in [0.5, 0.6) is 5.75 Å². The van der Waals surface area contributed by atoms with E-state index in [0.717, 1.165) is 22.5 Å². The van der Waals surface area contributed by atoms with Gasteiger partial charge in [0.25, 0.3) is 5.69 Å². The highest BCUT2D eigenvalue weighted by Gasteiger charge is 2.28. The van der Waals surface area contributed by atoms with Gasteiger partial charge in [-0.05, 0) is 6.07 Å². The number of nitrogens with zero attached hydrogens (tertiary/aromatic N) is 2. The second kappa shape index (κ2) is 7.16. The zero-order valence-electron chi connectivity index (χ0n) is 11.4. The number of methoxy groups -OCH3 is 1. The Morgan fingerprint density at radius 2 is 2.19 bits per heavy atom. The first-order chi connectivity index (χ1) is 9.88. The molecule has 1 aromatic rings. The van der Waals surface area contributed by atoms with E-state index in [1.165, 1.54) is 13.2 Å². The molecule has 1 N–H and O–H groups in total. The number of nitro groups is 1. The standard InChI is InChI=1S/C12H16N2O6S/c1-3-6-13(7-8-15)21(18,19)12-5-4-10(14(16)17)9-11(12)20-2/h3-5,9,15H,1,6-8H2,2H3. The Bertz CT molecular complexity index is 629. The summed E-state index contributed by atoms with van der Waals surface area (Å²) in [5.41, 5.74) is -0.275. The number of hydrogen-bond acceptors (Lipinski definition) is 6. The lowest BCUT2D eigenvalue weighted by atomic mass is 10.3. The highest BCUT2D eigenvalue weighted by molar-refractivity contribution is 7.89. The molecular formula is C12H16N2O6S. The van der Waals surface area contributed by atoms with Crippen molar-refractivity contribution in [2.24, 2.45) is 0 Å². The van der Waals surface area contributed by atoms with E-state index in [1.807, 2.05) is 0 Å². The van der Waals surface area contributed by atoms with Crippen LogP contribution in [0.25, 0.3) is 0 Å². The predicted octanol–water partition coefficient (Wildman–Crippen LogP) is 0.772. The average molecular weight is 316 g/mol. The smallest absolute Gasteiger partial charge is 0.273 e. The monoisotopic (exact) mass is 316 g/mol. The van der Waals surface area contributed by atoms with Crippen LogP contribution in [0.3, 0.4) is 0 Å². The summed E-state index contributed by atoms with van der Waals surface area (Å²) in [6.07, 6.45) is 1.38. The molecule has 9 heteroatoms. The normalized spacial score (nSPS) is 11.4. The minimum Gasteiger partial charge on any atom is -0.495 e. The maximum absolute atomic E-state index is 12.5. The lowest BCUT2D eigenvalue weighted by Gasteiger charge is -2.20. The molecule has 0 aliphatic carbocycles. The number of nitro benzene ring substituents is 1. The summed E-state index contributed by atoms with van der Waals surface area (Å²) in [5.74, 6) is -0.129. The molecule has 0 fully saturated rings. The van der Waals surface area contributed by atoms with E-state index < -0.39 is 14.9 Å². The summed E-state index contributed by atoms with van der Waals surface area (Å²) in [6, 6.07) is 3.23. The number of rotatable bonds is 8. The second-order valence-corrected chi connectivity index (χ2v) is 5.87. The van der Waals surface area contributed by atoms with E-state index in [0.29, 0.717) is 0 Å². The summed E-state index contributed by atoms with van der Waals surface area (Å²) < 4.78 is 30.9. The van der Waals surface area contributed by atoms with Crippen molar-refractivity contribution < 1.29 is 23.2 Å². The molecule has 1 aromatic carbocycles. The summed E-state index contributed by atoms with van der Waals surface area (Å²) >= 11 is 0. The molecule has 0 bridgehead atoms. The van der Waals surface area contributed by atoms with Crippen LogP contribution in [0.1, 0.15) is 0 Å². The summed E-state index contributed by atoms with van der Waals surface area (Å²) in [5, 5.41) is 19.7. The fraction of sp³-hybridized carbons (Fsp3) is 0.333. The first-order valence-electron chi connectivity index (χ1n) is 5.92. The third-order valence-electron chi connectivity index (χ3n) is 2.66. The Hall–Kier alpha value is -1.97. The number of hydrogen-bond donors (Lipinski definition) is 1. The number of non-ortho nitro benzene ring substituents is 1. The molecule has 8 nitrogen and oxygen atoms in total. The second-order valence-electron chi connectivity index (χ2n) is 3.97. The highest BCUT2D eigenvalue weighted by atomic mass is 32.2. The minimum atomic E-state index is -3.96. The molecule has 21 heavy (non-hydrogen) atoms. The first kappa shape index (κ1) is 17.1. The van der Waals surface area contributed by atoms with Gasteiger partial charge in [0.15, 0.2) is 0 Å². The molecule has 0 unspecified atom stereocenters. The lowest BCUT2D eigenvalue weighted by molar-refractivity contribution is -0.385. The molecule has 1 rings (SSSR count). The summed E-state index contributed by atoms with van der Waals surface area (Å²) in [4.78, 5) is 9.87. The molecule has 0 spiro atoms. The van der Waals surface area contributed by atoms with Crippen LogP contribution in [0, 0.1) is 10.1 Å². The van der Waals surface area contributed by atoms with E-state index in [4.69, 9.17) is 9.84 Å². The van der Waals surface area contributed by atoms with E-state index in [9.17, 15) is 18.5 Å². The number of aliphatic hydroxyl groups excluding tert-OH is 1. The molecule has 0 atom stereocenters. The van der Waals surface area contributed by atoms with Gasteiger partial charge in [-0.25, -0.2) is 8.42 Å². The molecule has 0 amide bonds. The average Bonchev–Trinajstić information content (AvgIpc) is 2.46. The largest absolute Gasteiger partial charge is 0.495 e. The minimum absolute atomic E-state index is 0.00301. The van der Waals surface area contributed by atoms with Crippen molar-refractivity contribution in [3.63, 3.8) is 0 Å². The summed E-state index contributed by atoms with van der Waals surface area (Å²) in [6.45, 7) is 2.99. The van der Waals surface area contributed by atoms with Crippen LogP contribution in [0.2, 0.25) is 0 Å². The van der Waals surface area contributed by atoms with Crippen LogP contribution in [-0.4, -0.2) is 49.6 Å². The van der Waals surface area contributed by atoms with Gasteiger partial charge in [0, 0.05) is 19.2 Å². The molecule has 0 heterocycles. The number of benzene rings is 1. The maximum Gasteiger partial charge on any atom is 0.273 e. The van der Waals surface area contributed by atoms with Gasteiger partial charge in [0.2, 0.25) is 10.0 Å². The topological polar surface area (TPSA) is 110 Å². The van der Waals surface area contributed by atoms with Crippen molar-refractivity contribution in [1.29, 1.82) is 0 Å². The van der Waals surface area contributed by atoms with Gasteiger partial charge in [0.1, 0.15) is 10.6 Å². The van der Waals surface area contributed by atoms with Crippen molar-refractivity contribution in [3.8, 4) is 5.75 Å². The molecule has 0 aromatic heterocycles. The van der Waals surface area contributed by atoms with Gasteiger partial charge in [-0.1, -0.05) is 6.08 Å². The van der Waals surface area contributed by atoms with Crippen molar-refractivity contribution >= 4 is 15.7 Å². The predicted molar refractivity (Wildman–Crippen MR) is 75.7 cm³/mol. The van der Waals surface area contributed by atoms with Gasteiger partial charge in [-0.2, -0.15) is 4.31 Å². The third-order valence-corrected chi connectivity index (χ3v) is 4.56. The van der Waals surface area contributed by atoms with Crippen LogP contribution in [0.15, 0.2) is 35.7 Å². The van der Waals surface area contributed by atoms with Crippen molar-refractivity contribution in [2.45, 2.75) is 4.90 Å². The van der Waals surface area contributed by atoms with E-state index in [2.05, 4.69) is 6.58 Å². The Labute approximate surface area is 122 Å². The third kappa shape index (κ3) is 3.78. The van der Waals surface area contributed by atoms with Gasteiger partial charge in [0.05, 0.1) is 24.7 Å². The van der Waals surface area contributed by atoms with Crippen LogP contribution in [-0.2, 0) is 10.0 Å². The quantitative estimate of drug-likeness (QED) is 0.431. The van der Waals surface area contributed by atoms with Crippen molar-refractivity contribution in [2.75, 3.05) is 26.8 Å². The molecule has 116 valence electrons. The van der Waals surface area contributed by atoms with E-state index >= 15 is 0 Å². The molecule has 0 aliphatic rings. The van der Waals surface area contributed by atoms with E-state index in [-0.39, 0.29) is 36.0 Å². The van der Waals surface area contributed by atoms with Gasteiger partial charge in [-0.15, -0.1) is 6.58 Å². The van der Waals surface area contributed by atoms with Gasteiger partial charge < -0.3 is 9.84 Å². The molecule has 0 aliphatic heterocycles. The first-order valence-corrected chi connectivity index (χ1v) is 7.36. The fourth-order valence-corrected chi connectivity index (χ4v) is 3.23. The van der Waals surface area contributed by atoms with Crippen LogP contribution < -0.4 is 4.74 Å². The Morgan fingerprint density at radius 3 is 2.67 bits per heavy atom. The van der Waals surface area contributed by atoms with Crippen molar-refractivity contribution in [1.82, 2.24) is 4.31 Å². The number of sulfonamides is 1. The van der Waals surface area contributed by atoms with E-state index in [1.54, 1.807) is 0 Å². The van der Waals surface area contributed by atoms with Crippen molar-refractivity contribution in [3.05, 3.63) is 41.0 Å². The molecule has 0 radical (unpaired) electrons. The lowest BCUT2D eigenvalue weighted by Crippen LogP contribution is -2.34.